The summed E-state index contributed by atoms with van der Waals surface area (Å²) in [4.78, 5) is 1.56. The van der Waals surface area contributed by atoms with Gasteiger partial charge in [-0.2, -0.15) is 0 Å². The van der Waals surface area contributed by atoms with Crippen molar-refractivity contribution in [2.45, 2.75) is 11.7 Å². The third kappa shape index (κ3) is 2.38. The Morgan fingerprint density at radius 2 is 1.86 bits per heavy atom. The molecule has 0 bridgehead atoms. The van der Waals surface area contributed by atoms with Gasteiger partial charge in [0.05, 0.1) is 26.2 Å². The topological polar surface area (TPSA) is 47.7 Å². The number of hydrogen-bond donors (Lipinski definition) is 1. The standard InChI is InChI=1S/C8H16F2N2O2/c1-13-8(14-2)5-12(6-8)4-7(9,10)3-11/h3-6,11H2,1-2H3. The molecule has 4 nitrogen and oxygen atoms in total. The number of ether oxygens (including phenoxy) is 2. The molecule has 6 heteroatoms. The number of halogens is 2. The van der Waals surface area contributed by atoms with Gasteiger partial charge in [-0.1, -0.05) is 0 Å². The van der Waals surface area contributed by atoms with Crippen molar-refractivity contribution in [2.24, 2.45) is 5.73 Å². The number of rotatable bonds is 5. The predicted octanol–water partition coefficient (Wildman–Crippen LogP) is -0.115. The van der Waals surface area contributed by atoms with Crippen LogP contribution in [0, 0.1) is 0 Å². The first-order chi connectivity index (χ1) is 6.47. The van der Waals surface area contributed by atoms with E-state index in [0.717, 1.165) is 0 Å². The number of methoxy groups -OCH3 is 2. The molecule has 2 N–H and O–H groups in total. The highest BCUT2D eigenvalue weighted by molar-refractivity contribution is 4.91. The molecule has 1 heterocycles. The van der Waals surface area contributed by atoms with Gasteiger partial charge >= 0.3 is 0 Å². The van der Waals surface area contributed by atoms with Crippen molar-refractivity contribution < 1.29 is 18.3 Å². The quantitative estimate of drug-likeness (QED) is 0.643. The average molecular weight is 210 g/mol. The maximum atomic E-state index is 12.8. The summed E-state index contributed by atoms with van der Waals surface area (Å²) in [5.74, 6) is -3.53. The second kappa shape index (κ2) is 4.06. The van der Waals surface area contributed by atoms with Gasteiger partial charge < -0.3 is 15.2 Å². The Balaban J connectivity index is 2.34. The van der Waals surface area contributed by atoms with Crippen LogP contribution >= 0.6 is 0 Å². The van der Waals surface area contributed by atoms with Crippen LogP contribution in [0.1, 0.15) is 0 Å². The molecule has 1 aliphatic heterocycles. The van der Waals surface area contributed by atoms with Crippen molar-refractivity contribution in [2.75, 3.05) is 40.4 Å². The minimum atomic E-state index is -2.83. The zero-order valence-electron chi connectivity index (χ0n) is 8.43. The van der Waals surface area contributed by atoms with E-state index in [1.807, 2.05) is 0 Å². The average Bonchev–Trinajstić information content (AvgIpc) is 2.11. The van der Waals surface area contributed by atoms with E-state index < -0.39 is 18.3 Å². The molecule has 0 saturated carbocycles. The molecule has 0 aromatic carbocycles. The first-order valence-corrected chi connectivity index (χ1v) is 4.37. The first-order valence-electron chi connectivity index (χ1n) is 4.37. The van der Waals surface area contributed by atoms with Crippen molar-refractivity contribution >= 4 is 0 Å². The van der Waals surface area contributed by atoms with E-state index in [2.05, 4.69) is 0 Å². The Morgan fingerprint density at radius 1 is 1.36 bits per heavy atom. The number of alkyl halides is 2. The Labute approximate surface area is 81.9 Å². The maximum Gasteiger partial charge on any atom is 0.272 e. The molecule has 14 heavy (non-hydrogen) atoms. The van der Waals surface area contributed by atoms with Crippen LogP contribution in [0.3, 0.4) is 0 Å². The van der Waals surface area contributed by atoms with Crippen molar-refractivity contribution in [3.8, 4) is 0 Å². The highest BCUT2D eigenvalue weighted by atomic mass is 19.3. The van der Waals surface area contributed by atoms with Gasteiger partial charge in [0.2, 0.25) is 0 Å². The van der Waals surface area contributed by atoms with E-state index >= 15 is 0 Å². The highest BCUT2D eigenvalue weighted by Crippen LogP contribution is 2.27. The SMILES string of the molecule is COC1(OC)CN(CC(F)(F)CN)C1. The summed E-state index contributed by atoms with van der Waals surface area (Å²) in [5.41, 5.74) is 4.93. The van der Waals surface area contributed by atoms with Crippen LogP contribution in [-0.4, -0.2) is 57.0 Å². The van der Waals surface area contributed by atoms with E-state index in [1.165, 1.54) is 14.2 Å². The monoisotopic (exact) mass is 210 g/mol. The van der Waals surface area contributed by atoms with Crippen molar-refractivity contribution in [1.82, 2.24) is 4.90 Å². The van der Waals surface area contributed by atoms with Crippen molar-refractivity contribution in [3.05, 3.63) is 0 Å². The van der Waals surface area contributed by atoms with Gasteiger partial charge in [0.1, 0.15) is 0 Å². The largest absolute Gasteiger partial charge is 0.351 e. The van der Waals surface area contributed by atoms with Gasteiger partial charge in [-0.05, 0) is 0 Å². The molecule has 1 fully saturated rings. The van der Waals surface area contributed by atoms with Crippen LogP contribution in [0.25, 0.3) is 0 Å². The summed E-state index contributed by atoms with van der Waals surface area (Å²) in [6, 6.07) is 0. The van der Waals surface area contributed by atoms with Gasteiger partial charge in [-0.15, -0.1) is 0 Å². The fourth-order valence-corrected chi connectivity index (χ4v) is 1.48. The molecule has 0 aromatic heterocycles. The summed E-state index contributed by atoms with van der Waals surface area (Å²) >= 11 is 0. The smallest absolute Gasteiger partial charge is 0.272 e. The minimum Gasteiger partial charge on any atom is -0.351 e. The summed E-state index contributed by atoms with van der Waals surface area (Å²) in [7, 11) is 3.00. The Morgan fingerprint density at radius 3 is 2.21 bits per heavy atom. The van der Waals surface area contributed by atoms with E-state index in [4.69, 9.17) is 15.2 Å². The highest BCUT2D eigenvalue weighted by Gasteiger charge is 2.46. The summed E-state index contributed by atoms with van der Waals surface area (Å²) < 4.78 is 35.8. The normalized spacial score (nSPS) is 22.1. The second-order valence-corrected chi connectivity index (χ2v) is 3.52. The van der Waals surface area contributed by atoms with E-state index in [9.17, 15) is 8.78 Å². The zero-order valence-corrected chi connectivity index (χ0v) is 8.43. The summed E-state index contributed by atoms with van der Waals surface area (Å²) in [6.45, 7) is -0.250. The Bertz CT molecular complexity index is 190. The molecule has 84 valence electrons. The lowest BCUT2D eigenvalue weighted by Crippen LogP contribution is -2.66. The zero-order chi connectivity index (χ0) is 10.8. The van der Waals surface area contributed by atoms with Crippen LogP contribution in [0.5, 0.6) is 0 Å². The molecule has 1 aliphatic rings. The van der Waals surface area contributed by atoms with E-state index in [0.29, 0.717) is 13.1 Å². The van der Waals surface area contributed by atoms with Crippen molar-refractivity contribution in [1.29, 1.82) is 0 Å². The molecule has 0 atom stereocenters. The molecule has 0 aliphatic carbocycles. The van der Waals surface area contributed by atoms with E-state index in [1.54, 1.807) is 4.90 Å². The third-order valence-corrected chi connectivity index (χ3v) is 2.43. The van der Waals surface area contributed by atoms with Gasteiger partial charge in [-0.25, -0.2) is 8.78 Å². The molecule has 0 spiro atoms. The summed E-state index contributed by atoms with van der Waals surface area (Å²) in [5, 5.41) is 0. The van der Waals surface area contributed by atoms with Gasteiger partial charge in [-0.3, -0.25) is 4.90 Å². The molecule has 0 unspecified atom stereocenters. The lowest BCUT2D eigenvalue weighted by molar-refractivity contribution is -0.282. The second-order valence-electron chi connectivity index (χ2n) is 3.52. The number of nitrogens with zero attached hydrogens (tertiary/aromatic N) is 1. The molecule has 1 rings (SSSR count). The molecular weight excluding hydrogens is 194 g/mol. The third-order valence-electron chi connectivity index (χ3n) is 2.43. The fraction of sp³-hybridized carbons (Fsp3) is 1.00. The molecule has 1 saturated heterocycles. The predicted molar refractivity (Wildman–Crippen MR) is 47.2 cm³/mol. The maximum absolute atomic E-state index is 12.8. The Kier molecular flexibility index (Phi) is 3.41. The van der Waals surface area contributed by atoms with Crippen LogP contribution in [0.2, 0.25) is 0 Å². The number of likely N-dealkylation sites (tertiary alicyclic amines) is 1. The lowest BCUT2D eigenvalue weighted by Gasteiger charge is -2.48. The minimum absolute atomic E-state index is 0.335. The van der Waals surface area contributed by atoms with Crippen LogP contribution in [0.4, 0.5) is 8.78 Å². The molecular formula is C8H16F2N2O2. The van der Waals surface area contributed by atoms with E-state index in [-0.39, 0.29) is 6.54 Å². The van der Waals surface area contributed by atoms with Crippen LogP contribution < -0.4 is 5.73 Å². The van der Waals surface area contributed by atoms with Gasteiger partial charge in [0, 0.05) is 14.2 Å². The van der Waals surface area contributed by atoms with Gasteiger partial charge in [0.15, 0.2) is 5.79 Å². The Hall–Kier alpha value is -0.300. The van der Waals surface area contributed by atoms with Crippen LogP contribution in [-0.2, 0) is 9.47 Å². The molecule has 0 radical (unpaired) electrons. The van der Waals surface area contributed by atoms with Crippen molar-refractivity contribution in [3.63, 3.8) is 0 Å². The summed E-state index contributed by atoms with van der Waals surface area (Å²) in [6.07, 6.45) is 0. The van der Waals surface area contributed by atoms with Gasteiger partial charge in [0.25, 0.3) is 5.92 Å². The first kappa shape index (κ1) is 11.8. The molecule has 0 amide bonds. The number of nitrogens with two attached hydrogens (primary N) is 1. The molecule has 0 aromatic rings. The number of hydrogen-bond acceptors (Lipinski definition) is 4. The lowest BCUT2D eigenvalue weighted by atomic mass is 10.1. The fourth-order valence-electron chi connectivity index (χ4n) is 1.48. The van der Waals surface area contributed by atoms with Crippen LogP contribution in [0.15, 0.2) is 0 Å².